The third kappa shape index (κ3) is 6.30. The molecule has 0 unspecified atom stereocenters. The second-order valence-electron chi connectivity index (χ2n) is 2.60. The van der Waals surface area contributed by atoms with Crippen LogP contribution in [-0.2, 0) is 14.5 Å². The molecule has 0 spiro atoms. The molecule has 0 saturated carbocycles. The molecule has 0 aromatic heterocycles. The maximum atomic E-state index is 11.5. The molecule has 9 nitrogen and oxygen atoms in total. The first-order valence-electron chi connectivity index (χ1n) is 4.67. The summed E-state index contributed by atoms with van der Waals surface area (Å²) in [5, 5.41) is 17.1. The Morgan fingerprint density at radius 1 is 1.19 bits per heavy atom. The molecule has 10 heteroatoms. The third-order valence-electron chi connectivity index (χ3n) is 1.31. The molecule has 0 aliphatic carbocycles. The third-order valence-corrected chi connectivity index (χ3v) is 2.48. The zero-order valence-corrected chi connectivity index (χ0v) is 9.61. The molecule has 16 heavy (non-hydrogen) atoms. The maximum absolute atomic E-state index is 11.5. The van der Waals surface area contributed by atoms with E-state index in [0.29, 0.717) is 4.52 Å². The smallest absolute Gasteiger partial charge is 0.365 e. The van der Waals surface area contributed by atoms with Crippen molar-refractivity contribution in [3.63, 3.8) is 0 Å². The van der Waals surface area contributed by atoms with Gasteiger partial charge in [-0.3, -0.25) is 4.18 Å². The fourth-order valence-corrected chi connectivity index (χ4v) is 1.63. The van der Waals surface area contributed by atoms with Gasteiger partial charge in [0.1, 0.15) is 0 Å². The standard InChI is InChI=1S/C6H18N4O5S/c7-1-6-15-16(13,14)10(8-2-4-11)9-3-5-12/h8-9,11-12H,1-7H2. The van der Waals surface area contributed by atoms with Gasteiger partial charge in [-0.15, -0.1) is 0 Å². The molecule has 0 amide bonds. The minimum atomic E-state index is -4.02. The summed E-state index contributed by atoms with van der Waals surface area (Å²) in [6.07, 6.45) is 0. The van der Waals surface area contributed by atoms with Crippen molar-refractivity contribution in [3.05, 3.63) is 0 Å². The van der Waals surface area contributed by atoms with Crippen molar-refractivity contribution in [2.45, 2.75) is 0 Å². The zero-order valence-electron chi connectivity index (χ0n) is 8.79. The normalized spacial score (nSPS) is 12.2. The first-order valence-corrected chi connectivity index (χ1v) is 6.03. The van der Waals surface area contributed by atoms with E-state index in [0.717, 1.165) is 0 Å². The number of hydrazine groups is 2. The summed E-state index contributed by atoms with van der Waals surface area (Å²) in [4.78, 5) is 0. The van der Waals surface area contributed by atoms with Crippen LogP contribution in [-0.4, -0.2) is 62.6 Å². The number of nitrogens with one attached hydrogen (secondary N) is 2. The summed E-state index contributed by atoms with van der Waals surface area (Å²) < 4.78 is 28.0. The molecule has 0 atom stereocenters. The average Bonchev–Trinajstić information content (AvgIpc) is 2.26. The van der Waals surface area contributed by atoms with E-state index in [1.807, 2.05) is 0 Å². The molecule has 98 valence electrons. The SMILES string of the molecule is NCCOS(=O)(=O)N(NCCO)NCCO. The monoisotopic (exact) mass is 258 g/mol. The molecule has 0 heterocycles. The predicted molar refractivity (Wildman–Crippen MR) is 55.9 cm³/mol. The molecule has 0 radical (unpaired) electrons. The number of rotatable bonds is 10. The molecular weight excluding hydrogens is 240 g/mol. The van der Waals surface area contributed by atoms with Crippen LogP contribution < -0.4 is 16.6 Å². The van der Waals surface area contributed by atoms with Crippen molar-refractivity contribution >= 4 is 10.3 Å². The van der Waals surface area contributed by atoms with E-state index < -0.39 is 10.3 Å². The van der Waals surface area contributed by atoms with E-state index in [-0.39, 0.29) is 39.5 Å². The molecule has 0 bridgehead atoms. The Balaban J connectivity index is 4.33. The van der Waals surface area contributed by atoms with E-state index in [9.17, 15) is 8.42 Å². The van der Waals surface area contributed by atoms with Gasteiger partial charge in [0.15, 0.2) is 0 Å². The summed E-state index contributed by atoms with van der Waals surface area (Å²) in [5.41, 5.74) is 9.83. The van der Waals surface area contributed by atoms with Gasteiger partial charge in [-0.05, 0) is 4.52 Å². The van der Waals surface area contributed by atoms with Crippen molar-refractivity contribution in [3.8, 4) is 0 Å². The van der Waals surface area contributed by atoms with Crippen LogP contribution in [0.25, 0.3) is 0 Å². The number of nitrogens with two attached hydrogens (primary N) is 1. The Bertz CT molecular complexity index is 252. The Morgan fingerprint density at radius 3 is 2.06 bits per heavy atom. The fourth-order valence-electron chi connectivity index (χ4n) is 0.723. The van der Waals surface area contributed by atoms with Crippen LogP contribution in [0.3, 0.4) is 0 Å². The average molecular weight is 258 g/mol. The molecule has 0 aromatic carbocycles. The van der Waals surface area contributed by atoms with Gasteiger partial charge in [-0.2, -0.15) is 8.42 Å². The lowest BCUT2D eigenvalue weighted by molar-refractivity contribution is 0.154. The number of nitrogens with zero attached hydrogens (tertiary/aromatic N) is 1. The fraction of sp³-hybridized carbons (Fsp3) is 1.00. The highest BCUT2D eigenvalue weighted by Crippen LogP contribution is 1.95. The summed E-state index contributed by atoms with van der Waals surface area (Å²) in [7, 11) is -4.02. The van der Waals surface area contributed by atoms with E-state index >= 15 is 0 Å². The maximum Gasteiger partial charge on any atom is 0.365 e. The van der Waals surface area contributed by atoms with Crippen LogP contribution in [0, 0.1) is 0 Å². The number of aliphatic hydroxyl groups is 2. The van der Waals surface area contributed by atoms with Gasteiger partial charge >= 0.3 is 10.3 Å². The van der Waals surface area contributed by atoms with E-state index in [4.69, 9.17) is 15.9 Å². The zero-order chi connectivity index (χ0) is 12.4. The molecule has 0 aromatic rings. The molecule has 0 fully saturated rings. The quantitative estimate of drug-likeness (QED) is 0.255. The number of hydrogen-bond acceptors (Lipinski definition) is 8. The van der Waals surface area contributed by atoms with Crippen LogP contribution in [0.4, 0.5) is 0 Å². The van der Waals surface area contributed by atoms with Gasteiger partial charge < -0.3 is 15.9 Å². The first kappa shape index (κ1) is 15.7. The van der Waals surface area contributed by atoms with Crippen molar-refractivity contribution in [2.75, 3.05) is 39.5 Å². The lowest BCUT2D eigenvalue weighted by atomic mass is 10.7. The Kier molecular flexibility index (Phi) is 8.60. The summed E-state index contributed by atoms with van der Waals surface area (Å²) in [6, 6.07) is 0. The summed E-state index contributed by atoms with van der Waals surface area (Å²) in [5.74, 6) is 0. The van der Waals surface area contributed by atoms with Gasteiger partial charge in [-0.1, -0.05) is 0 Å². The highest BCUT2D eigenvalue weighted by atomic mass is 32.2. The number of aliphatic hydroxyl groups excluding tert-OH is 2. The van der Waals surface area contributed by atoms with Gasteiger partial charge in [0.25, 0.3) is 0 Å². The van der Waals surface area contributed by atoms with Gasteiger partial charge in [-0.25, -0.2) is 10.9 Å². The molecule has 0 aliphatic rings. The van der Waals surface area contributed by atoms with Crippen molar-refractivity contribution in [1.29, 1.82) is 0 Å². The van der Waals surface area contributed by atoms with Crippen molar-refractivity contribution in [2.24, 2.45) is 5.73 Å². The largest absolute Gasteiger partial charge is 0.395 e. The lowest BCUT2D eigenvalue weighted by Crippen LogP contribution is -2.53. The van der Waals surface area contributed by atoms with Crippen LogP contribution in [0.15, 0.2) is 0 Å². The number of hydrogen-bond donors (Lipinski definition) is 5. The van der Waals surface area contributed by atoms with E-state index in [1.165, 1.54) is 0 Å². The van der Waals surface area contributed by atoms with E-state index in [1.54, 1.807) is 0 Å². The van der Waals surface area contributed by atoms with Crippen molar-refractivity contribution < 1.29 is 22.8 Å². The second-order valence-corrected chi connectivity index (χ2v) is 4.05. The predicted octanol–water partition coefficient (Wildman–Crippen LogP) is -3.50. The second kappa shape index (κ2) is 8.78. The van der Waals surface area contributed by atoms with Gasteiger partial charge in [0.05, 0.1) is 19.8 Å². The van der Waals surface area contributed by atoms with Crippen LogP contribution in [0.2, 0.25) is 0 Å². The molecule has 6 N–H and O–H groups in total. The van der Waals surface area contributed by atoms with Crippen molar-refractivity contribution in [1.82, 2.24) is 15.4 Å². The Labute approximate surface area is 94.4 Å². The minimum Gasteiger partial charge on any atom is -0.395 e. The molecule has 0 rings (SSSR count). The summed E-state index contributed by atoms with van der Waals surface area (Å²) in [6.45, 7) is -0.547. The molecule has 0 aliphatic heterocycles. The van der Waals surface area contributed by atoms with Crippen LogP contribution in [0.5, 0.6) is 0 Å². The Hall–Kier alpha value is -0.330. The lowest BCUT2D eigenvalue weighted by Gasteiger charge is -2.21. The Morgan fingerprint density at radius 2 is 1.69 bits per heavy atom. The molecular formula is C6H18N4O5S. The van der Waals surface area contributed by atoms with E-state index in [2.05, 4.69) is 15.0 Å². The minimum absolute atomic E-state index is 0.0175. The highest BCUT2D eigenvalue weighted by molar-refractivity contribution is 7.84. The summed E-state index contributed by atoms with van der Waals surface area (Å²) >= 11 is 0. The molecule has 0 saturated heterocycles. The van der Waals surface area contributed by atoms with Gasteiger partial charge in [0.2, 0.25) is 0 Å². The first-order chi connectivity index (χ1) is 7.58. The van der Waals surface area contributed by atoms with Gasteiger partial charge in [0, 0.05) is 19.6 Å². The topological polar surface area (TPSA) is 137 Å². The van der Waals surface area contributed by atoms with Crippen LogP contribution >= 0.6 is 0 Å². The van der Waals surface area contributed by atoms with Crippen LogP contribution in [0.1, 0.15) is 0 Å². The highest BCUT2D eigenvalue weighted by Gasteiger charge is 2.21.